The summed E-state index contributed by atoms with van der Waals surface area (Å²) in [6, 6.07) is 8.79. The first kappa shape index (κ1) is 15.9. The lowest BCUT2D eigenvalue weighted by molar-refractivity contribution is -0.161. The average molecular weight is 305 g/mol. The van der Waals surface area contributed by atoms with Crippen LogP contribution in [0.1, 0.15) is 42.9 Å². The molecule has 1 aliphatic heterocycles. The first-order chi connectivity index (χ1) is 10.9. The smallest absolute Gasteiger partial charge is 0.157 e. The number of benzene rings is 1. The van der Waals surface area contributed by atoms with Crippen molar-refractivity contribution in [2.75, 3.05) is 26.4 Å². The molecule has 1 aromatic carbocycles. The summed E-state index contributed by atoms with van der Waals surface area (Å²) in [6.45, 7) is 2.50. The molecule has 0 saturated carbocycles. The second-order valence-corrected chi connectivity index (χ2v) is 6.28. The molecule has 2 N–H and O–H groups in total. The van der Waals surface area contributed by atoms with Crippen LogP contribution in [0, 0.1) is 5.92 Å². The predicted octanol–water partition coefficient (Wildman–Crippen LogP) is 2.42. The van der Waals surface area contributed by atoms with Crippen LogP contribution in [-0.4, -0.2) is 37.8 Å². The number of hydrogen-bond donors (Lipinski definition) is 2. The van der Waals surface area contributed by atoms with Gasteiger partial charge in [0.05, 0.1) is 6.61 Å². The summed E-state index contributed by atoms with van der Waals surface area (Å²) < 4.78 is 11.4. The average Bonchev–Trinajstić information content (AvgIpc) is 2.59. The number of aryl methyl sites for hydroxylation is 1. The standard InChI is InChI=1S/C18H27NO3/c20-13-15-9-8-14-5-1-2-6-16(14)18(15)19-10-12-22-17-7-3-4-11-21-17/h1-2,5-6,15,17-20H,3-4,7-13H2. The van der Waals surface area contributed by atoms with Crippen molar-refractivity contribution in [1.82, 2.24) is 5.32 Å². The molecule has 3 rings (SSSR count). The van der Waals surface area contributed by atoms with Gasteiger partial charge in [-0.05, 0) is 43.2 Å². The Balaban J connectivity index is 1.51. The third kappa shape index (κ3) is 3.87. The summed E-state index contributed by atoms with van der Waals surface area (Å²) in [5.74, 6) is 0.292. The number of aliphatic hydroxyl groups excluding tert-OH is 1. The second kappa shape index (κ2) is 8.06. The van der Waals surface area contributed by atoms with Crippen molar-refractivity contribution in [3.63, 3.8) is 0 Å². The van der Waals surface area contributed by atoms with E-state index < -0.39 is 0 Å². The van der Waals surface area contributed by atoms with Crippen LogP contribution in [0.15, 0.2) is 24.3 Å². The minimum Gasteiger partial charge on any atom is -0.396 e. The van der Waals surface area contributed by atoms with Crippen LogP contribution in [0.25, 0.3) is 0 Å². The molecule has 1 fully saturated rings. The number of ether oxygens (including phenoxy) is 2. The number of hydrogen-bond acceptors (Lipinski definition) is 4. The molecule has 1 aromatic rings. The topological polar surface area (TPSA) is 50.7 Å². The van der Waals surface area contributed by atoms with Crippen LogP contribution < -0.4 is 5.32 Å². The molecular weight excluding hydrogens is 278 g/mol. The van der Waals surface area contributed by atoms with Gasteiger partial charge in [0.2, 0.25) is 0 Å². The van der Waals surface area contributed by atoms with Crippen molar-refractivity contribution in [3.8, 4) is 0 Å². The first-order valence-corrected chi connectivity index (χ1v) is 8.53. The van der Waals surface area contributed by atoms with E-state index in [-0.39, 0.29) is 18.9 Å². The van der Waals surface area contributed by atoms with Gasteiger partial charge in [0.25, 0.3) is 0 Å². The van der Waals surface area contributed by atoms with Gasteiger partial charge in [-0.2, -0.15) is 0 Å². The number of fused-ring (bicyclic) bond motifs is 1. The Kier molecular flexibility index (Phi) is 5.84. The summed E-state index contributed by atoms with van der Waals surface area (Å²) in [5, 5.41) is 13.2. The van der Waals surface area contributed by atoms with E-state index in [1.54, 1.807) is 0 Å². The molecule has 3 atom stereocenters. The zero-order valence-electron chi connectivity index (χ0n) is 13.2. The van der Waals surface area contributed by atoms with Crippen LogP contribution >= 0.6 is 0 Å². The van der Waals surface area contributed by atoms with Crippen LogP contribution in [0.4, 0.5) is 0 Å². The second-order valence-electron chi connectivity index (χ2n) is 6.28. The van der Waals surface area contributed by atoms with Gasteiger partial charge < -0.3 is 19.9 Å². The molecule has 0 spiro atoms. The van der Waals surface area contributed by atoms with E-state index in [2.05, 4.69) is 29.6 Å². The van der Waals surface area contributed by atoms with Gasteiger partial charge in [0, 0.05) is 31.7 Å². The van der Waals surface area contributed by atoms with Gasteiger partial charge in [-0.1, -0.05) is 24.3 Å². The van der Waals surface area contributed by atoms with Gasteiger partial charge in [0.15, 0.2) is 6.29 Å². The molecule has 4 heteroatoms. The van der Waals surface area contributed by atoms with Gasteiger partial charge >= 0.3 is 0 Å². The molecule has 0 bridgehead atoms. The van der Waals surface area contributed by atoms with Crippen molar-refractivity contribution in [2.45, 2.75) is 44.4 Å². The Bertz CT molecular complexity index is 459. The van der Waals surface area contributed by atoms with Crippen LogP contribution in [-0.2, 0) is 15.9 Å². The van der Waals surface area contributed by atoms with E-state index in [0.29, 0.717) is 12.5 Å². The molecular formula is C18H27NO3. The maximum absolute atomic E-state index is 9.66. The summed E-state index contributed by atoms with van der Waals surface area (Å²) >= 11 is 0. The molecule has 0 radical (unpaired) electrons. The molecule has 0 amide bonds. The lowest BCUT2D eigenvalue weighted by Crippen LogP contribution is -2.36. The van der Waals surface area contributed by atoms with Crippen molar-refractivity contribution in [1.29, 1.82) is 0 Å². The van der Waals surface area contributed by atoms with Gasteiger partial charge in [-0.25, -0.2) is 0 Å². The van der Waals surface area contributed by atoms with Crippen molar-refractivity contribution in [2.24, 2.45) is 5.92 Å². The van der Waals surface area contributed by atoms with Crippen molar-refractivity contribution >= 4 is 0 Å². The third-order valence-corrected chi connectivity index (χ3v) is 4.79. The molecule has 22 heavy (non-hydrogen) atoms. The van der Waals surface area contributed by atoms with Crippen LogP contribution in [0.2, 0.25) is 0 Å². The van der Waals surface area contributed by atoms with Crippen molar-refractivity contribution in [3.05, 3.63) is 35.4 Å². The van der Waals surface area contributed by atoms with E-state index >= 15 is 0 Å². The van der Waals surface area contributed by atoms with Crippen LogP contribution in [0.3, 0.4) is 0 Å². The van der Waals surface area contributed by atoms with Gasteiger partial charge in [0.1, 0.15) is 0 Å². The summed E-state index contributed by atoms with van der Waals surface area (Å²) in [7, 11) is 0. The highest BCUT2D eigenvalue weighted by Crippen LogP contribution is 2.33. The number of nitrogens with one attached hydrogen (secondary N) is 1. The SMILES string of the molecule is OCC1CCc2ccccc2C1NCCOC1CCCCO1. The minimum absolute atomic E-state index is 0.0252. The number of rotatable bonds is 6. The van der Waals surface area contributed by atoms with Gasteiger partial charge in [-0.15, -0.1) is 0 Å². The maximum Gasteiger partial charge on any atom is 0.157 e. The zero-order chi connectivity index (χ0) is 15.2. The fraction of sp³-hybridized carbons (Fsp3) is 0.667. The molecule has 1 saturated heterocycles. The lowest BCUT2D eigenvalue weighted by atomic mass is 9.80. The zero-order valence-corrected chi connectivity index (χ0v) is 13.2. The molecule has 1 heterocycles. The summed E-state index contributed by atoms with van der Waals surface area (Å²) in [5.41, 5.74) is 2.74. The number of aliphatic hydroxyl groups is 1. The highest BCUT2D eigenvalue weighted by molar-refractivity contribution is 5.33. The Morgan fingerprint density at radius 1 is 1.23 bits per heavy atom. The highest BCUT2D eigenvalue weighted by Gasteiger charge is 2.28. The minimum atomic E-state index is -0.0252. The van der Waals surface area contributed by atoms with E-state index in [1.807, 2.05) is 0 Å². The summed E-state index contributed by atoms with van der Waals surface area (Å²) in [4.78, 5) is 0. The van der Waals surface area contributed by atoms with E-state index in [0.717, 1.165) is 38.8 Å². The summed E-state index contributed by atoms with van der Waals surface area (Å²) in [6.07, 6.45) is 5.42. The Labute approximate surface area is 132 Å². The van der Waals surface area contributed by atoms with E-state index in [9.17, 15) is 5.11 Å². The Morgan fingerprint density at radius 3 is 2.95 bits per heavy atom. The van der Waals surface area contributed by atoms with Crippen molar-refractivity contribution < 1.29 is 14.6 Å². The Hall–Kier alpha value is -0.940. The normalized spacial score (nSPS) is 28.3. The third-order valence-electron chi connectivity index (χ3n) is 4.79. The highest BCUT2D eigenvalue weighted by atomic mass is 16.7. The monoisotopic (exact) mass is 305 g/mol. The fourth-order valence-corrected chi connectivity index (χ4v) is 3.55. The lowest BCUT2D eigenvalue weighted by Gasteiger charge is -2.33. The first-order valence-electron chi connectivity index (χ1n) is 8.53. The van der Waals surface area contributed by atoms with E-state index in [1.165, 1.54) is 17.5 Å². The predicted molar refractivity (Wildman–Crippen MR) is 85.6 cm³/mol. The largest absolute Gasteiger partial charge is 0.396 e. The molecule has 2 aliphatic rings. The van der Waals surface area contributed by atoms with E-state index in [4.69, 9.17) is 9.47 Å². The van der Waals surface area contributed by atoms with Crippen LogP contribution in [0.5, 0.6) is 0 Å². The van der Waals surface area contributed by atoms with Gasteiger partial charge in [-0.3, -0.25) is 0 Å². The quantitative estimate of drug-likeness (QED) is 0.793. The Morgan fingerprint density at radius 2 is 2.14 bits per heavy atom. The molecule has 0 aromatic heterocycles. The molecule has 4 nitrogen and oxygen atoms in total. The molecule has 122 valence electrons. The molecule has 1 aliphatic carbocycles. The molecule has 3 unspecified atom stereocenters. The fourth-order valence-electron chi connectivity index (χ4n) is 3.55. The maximum atomic E-state index is 9.66.